The SMILES string of the molecule is CC(=O)CC(C(=O)Oc1ccc2c(c1)[C@@]13CCCC[C@H]1[C@@H](C2)N(C)CC3)C(C)C. The number of likely N-dealkylation sites (tertiary alicyclic amines) is 1. The summed E-state index contributed by atoms with van der Waals surface area (Å²) in [7, 11) is 2.28. The summed E-state index contributed by atoms with van der Waals surface area (Å²) in [5.41, 5.74) is 3.12. The molecule has 4 heteroatoms. The standard InChI is InChI=1S/C25H35NO3/c1-16(2)20(13-17(3)27)24(28)29-19-9-8-18-14-23-21-7-5-6-10-25(21,22(18)15-19)11-12-26(23)4/h8-9,15-16,20-21,23H,5-7,10-14H2,1-4H3/t20?,21-,23+,25+/m0/s1. The van der Waals surface area contributed by atoms with Crippen LogP contribution in [0, 0.1) is 17.8 Å². The molecule has 158 valence electrons. The molecule has 1 aromatic rings. The first-order valence-corrected chi connectivity index (χ1v) is 11.4. The van der Waals surface area contributed by atoms with E-state index in [4.69, 9.17) is 4.74 Å². The van der Waals surface area contributed by atoms with Crippen molar-refractivity contribution in [3.63, 3.8) is 0 Å². The number of piperidine rings is 1. The molecule has 29 heavy (non-hydrogen) atoms. The van der Waals surface area contributed by atoms with Crippen molar-refractivity contribution in [3.8, 4) is 5.75 Å². The van der Waals surface area contributed by atoms with Crippen LogP contribution in [0.25, 0.3) is 0 Å². The van der Waals surface area contributed by atoms with E-state index in [1.165, 1.54) is 43.2 Å². The van der Waals surface area contributed by atoms with E-state index in [0.29, 0.717) is 11.8 Å². The lowest BCUT2D eigenvalue weighted by Gasteiger charge is -2.58. The molecule has 0 N–H and O–H groups in total. The minimum Gasteiger partial charge on any atom is -0.426 e. The van der Waals surface area contributed by atoms with Gasteiger partial charge in [0.25, 0.3) is 0 Å². The third-order valence-electron chi connectivity index (χ3n) is 7.92. The van der Waals surface area contributed by atoms with Gasteiger partial charge in [-0.25, -0.2) is 0 Å². The van der Waals surface area contributed by atoms with E-state index in [0.717, 1.165) is 18.9 Å². The number of esters is 1. The van der Waals surface area contributed by atoms with Crippen molar-refractivity contribution < 1.29 is 14.3 Å². The Morgan fingerprint density at radius 2 is 2.03 bits per heavy atom. The van der Waals surface area contributed by atoms with Crippen molar-refractivity contribution in [1.29, 1.82) is 0 Å². The summed E-state index contributed by atoms with van der Waals surface area (Å²) < 4.78 is 5.84. The van der Waals surface area contributed by atoms with Crippen molar-refractivity contribution in [2.75, 3.05) is 13.6 Å². The number of likely N-dealkylation sites (N-methyl/N-ethyl adjacent to an activating group) is 1. The molecule has 1 aromatic carbocycles. The number of ketones is 1. The number of carbonyl (C=O) groups excluding carboxylic acids is 2. The highest BCUT2D eigenvalue weighted by molar-refractivity contribution is 5.84. The molecule has 1 unspecified atom stereocenters. The van der Waals surface area contributed by atoms with Crippen LogP contribution in [0.2, 0.25) is 0 Å². The van der Waals surface area contributed by atoms with Crippen molar-refractivity contribution in [1.82, 2.24) is 4.90 Å². The normalized spacial score (nSPS) is 29.7. The Morgan fingerprint density at radius 3 is 2.76 bits per heavy atom. The molecule has 0 aromatic heterocycles. The van der Waals surface area contributed by atoms with E-state index >= 15 is 0 Å². The van der Waals surface area contributed by atoms with Crippen LogP contribution in [-0.2, 0) is 21.4 Å². The summed E-state index contributed by atoms with van der Waals surface area (Å²) in [6.45, 7) is 6.65. The van der Waals surface area contributed by atoms with E-state index in [-0.39, 0.29) is 35.4 Å². The molecule has 2 fully saturated rings. The Kier molecular flexibility index (Phi) is 5.58. The number of hydrogen-bond donors (Lipinski definition) is 0. The molecule has 1 saturated carbocycles. The average molecular weight is 398 g/mol. The zero-order chi connectivity index (χ0) is 20.8. The minimum absolute atomic E-state index is 0.0346. The predicted molar refractivity (Wildman–Crippen MR) is 114 cm³/mol. The highest BCUT2D eigenvalue weighted by Crippen LogP contribution is 2.55. The number of carbonyl (C=O) groups is 2. The third-order valence-corrected chi connectivity index (χ3v) is 7.92. The van der Waals surface area contributed by atoms with Gasteiger partial charge in [-0.05, 0) is 81.3 Å². The van der Waals surface area contributed by atoms with Crippen molar-refractivity contribution in [2.45, 2.75) is 77.2 Å². The number of Topliss-reactive ketones (excluding diaryl/α,β-unsaturated/α-hetero) is 1. The van der Waals surface area contributed by atoms with Gasteiger partial charge in [-0.15, -0.1) is 0 Å². The second kappa shape index (κ2) is 7.86. The second-order valence-corrected chi connectivity index (χ2v) is 10.0. The lowest BCUT2D eigenvalue weighted by molar-refractivity contribution is -0.142. The van der Waals surface area contributed by atoms with Crippen LogP contribution in [0.4, 0.5) is 0 Å². The maximum absolute atomic E-state index is 12.8. The molecule has 1 aliphatic heterocycles. The Labute approximate surface area is 175 Å². The topological polar surface area (TPSA) is 46.6 Å². The molecule has 1 heterocycles. The van der Waals surface area contributed by atoms with Crippen molar-refractivity contribution in [3.05, 3.63) is 29.3 Å². The van der Waals surface area contributed by atoms with Gasteiger partial charge in [0.05, 0.1) is 5.92 Å². The molecule has 4 atom stereocenters. The summed E-state index contributed by atoms with van der Waals surface area (Å²) in [6.07, 6.45) is 7.76. The molecule has 0 amide bonds. The minimum atomic E-state index is -0.378. The summed E-state index contributed by atoms with van der Waals surface area (Å²) in [5, 5.41) is 0. The van der Waals surface area contributed by atoms with Gasteiger partial charge in [-0.3, -0.25) is 4.79 Å². The Hall–Kier alpha value is -1.68. The van der Waals surface area contributed by atoms with Crippen LogP contribution in [-0.4, -0.2) is 36.3 Å². The highest BCUT2D eigenvalue weighted by Gasteiger charge is 2.53. The summed E-state index contributed by atoms with van der Waals surface area (Å²) in [4.78, 5) is 27.0. The van der Waals surface area contributed by atoms with Crippen LogP contribution in [0.3, 0.4) is 0 Å². The van der Waals surface area contributed by atoms with Crippen LogP contribution in [0.1, 0.15) is 70.4 Å². The fraction of sp³-hybridized carbons (Fsp3) is 0.680. The largest absolute Gasteiger partial charge is 0.426 e. The fourth-order valence-electron chi connectivity index (χ4n) is 6.33. The smallest absolute Gasteiger partial charge is 0.315 e. The molecule has 4 rings (SSSR count). The fourth-order valence-corrected chi connectivity index (χ4v) is 6.33. The maximum Gasteiger partial charge on any atom is 0.315 e. The van der Waals surface area contributed by atoms with Gasteiger partial charge in [-0.1, -0.05) is 32.8 Å². The molecular weight excluding hydrogens is 362 g/mol. The van der Waals surface area contributed by atoms with E-state index in [1.807, 2.05) is 19.9 Å². The molecule has 4 nitrogen and oxygen atoms in total. The number of rotatable bonds is 5. The van der Waals surface area contributed by atoms with Crippen molar-refractivity contribution >= 4 is 11.8 Å². The molecule has 1 saturated heterocycles. The predicted octanol–water partition coefficient (Wildman–Crippen LogP) is 4.53. The zero-order valence-corrected chi connectivity index (χ0v) is 18.4. The number of hydrogen-bond acceptors (Lipinski definition) is 4. The summed E-state index contributed by atoms with van der Waals surface area (Å²) in [5.74, 6) is 0.836. The Bertz CT molecular complexity index is 801. The number of nitrogens with zero attached hydrogens (tertiary/aromatic N) is 1. The molecule has 2 aliphatic carbocycles. The van der Waals surface area contributed by atoms with Crippen molar-refractivity contribution in [2.24, 2.45) is 17.8 Å². The van der Waals surface area contributed by atoms with Gasteiger partial charge in [0.15, 0.2) is 0 Å². The Balaban J connectivity index is 1.63. The lowest BCUT2D eigenvalue weighted by Crippen LogP contribution is -2.59. The van der Waals surface area contributed by atoms with Crippen LogP contribution in [0.5, 0.6) is 5.75 Å². The van der Waals surface area contributed by atoms with E-state index in [9.17, 15) is 9.59 Å². The van der Waals surface area contributed by atoms with Gasteiger partial charge in [-0.2, -0.15) is 0 Å². The van der Waals surface area contributed by atoms with E-state index < -0.39 is 0 Å². The first kappa shape index (κ1) is 20.6. The van der Waals surface area contributed by atoms with Gasteiger partial charge in [0.2, 0.25) is 0 Å². The summed E-state index contributed by atoms with van der Waals surface area (Å²) in [6, 6.07) is 6.95. The van der Waals surface area contributed by atoms with Crippen LogP contribution < -0.4 is 4.74 Å². The number of fused-ring (bicyclic) bond motifs is 1. The first-order valence-electron chi connectivity index (χ1n) is 11.4. The molecule has 2 bridgehead atoms. The molecular formula is C25H35NO3. The third kappa shape index (κ3) is 3.65. The number of ether oxygens (including phenoxy) is 1. The quantitative estimate of drug-likeness (QED) is 0.541. The van der Waals surface area contributed by atoms with E-state index in [1.54, 1.807) is 6.92 Å². The van der Waals surface area contributed by atoms with Gasteiger partial charge < -0.3 is 14.4 Å². The molecule has 0 spiro atoms. The number of benzene rings is 1. The van der Waals surface area contributed by atoms with Crippen LogP contribution >= 0.6 is 0 Å². The second-order valence-electron chi connectivity index (χ2n) is 10.0. The lowest BCUT2D eigenvalue weighted by atomic mass is 9.52. The average Bonchev–Trinajstić information content (AvgIpc) is 2.69. The first-order chi connectivity index (χ1) is 13.8. The van der Waals surface area contributed by atoms with Gasteiger partial charge >= 0.3 is 5.97 Å². The Morgan fingerprint density at radius 1 is 1.24 bits per heavy atom. The van der Waals surface area contributed by atoms with Crippen LogP contribution in [0.15, 0.2) is 18.2 Å². The molecule has 3 aliphatic rings. The highest BCUT2D eigenvalue weighted by atomic mass is 16.5. The summed E-state index contributed by atoms with van der Waals surface area (Å²) >= 11 is 0. The van der Waals surface area contributed by atoms with Gasteiger partial charge in [0, 0.05) is 17.9 Å². The molecule has 0 radical (unpaired) electrons. The maximum atomic E-state index is 12.8. The monoisotopic (exact) mass is 397 g/mol. The van der Waals surface area contributed by atoms with E-state index in [2.05, 4.69) is 24.1 Å². The van der Waals surface area contributed by atoms with Gasteiger partial charge in [0.1, 0.15) is 11.5 Å². The zero-order valence-electron chi connectivity index (χ0n) is 18.4.